The lowest BCUT2D eigenvalue weighted by Gasteiger charge is -2.54. The number of allylic oxidation sites excluding steroid dienone is 1. The van der Waals surface area contributed by atoms with Crippen LogP contribution in [0.5, 0.6) is 0 Å². The van der Waals surface area contributed by atoms with Crippen molar-refractivity contribution in [1.82, 2.24) is 0 Å². The molecule has 2 rings (SSSR count). The second-order valence-electron chi connectivity index (χ2n) is 9.42. The maximum Gasteiger partial charge on any atom is 0.303 e. The van der Waals surface area contributed by atoms with Crippen molar-refractivity contribution in [3.05, 3.63) is 23.8 Å². The summed E-state index contributed by atoms with van der Waals surface area (Å²) in [5.74, 6) is -0.395. The monoisotopic (exact) mass is 364 g/mol. The zero-order chi connectivity index (χ0) is 19.9. The molecular formula is C22H36O4. The topological polar surface area (TPSA) is 66.8 Å². The second kappa shape index (κ2) is 7.12. The molecule has 0 radical (unpaired) electrons. The molecular weight excluding hydrogens is 328 g/mol. The van der Waals surface area contributed by atoms with E-state index in [1.807, 2.05) is 0 Å². The predicted octanol–water partition coefficient (Wildman–Crippen LogP) is 4.16. The number of ether oxygens (including phenoxy) is 1. The maximum atomic E-state index is 11.7. The van der Waals surface area contributed by atoms with Crippen LogP contribution in [0, 0.1) is 16.7 Å². The van der Waals surface area contributed by atoms with Gasteiger partial charge >= 0.3 is 5.97 Å². The van der Waals surface area contributed by atoms with Crippen molar-refractivity contribution < 1.29 is 19.7 Å². The van der Waals surface area contributed by atoms with Gasteiger partial charge in [-0.2, -0.15) is 0 Å². The first-order valence-electron chi connectivity index (χ1n) is 9.81. The molecule has 0 aromatic heterocycles. The molecule has 0 fully saturated rings. The summed E-state index contributed by atoms with van der Waals surface area (Å²) in [4.78, 5) is 11.7. The molecule has 2 N–H and O–H groups in total. The Hall–Kier alpha value is -1.13. The molecule has 0 bridgehead atoms. The van der Waals surface area contributed by atoms with Gasteiger partial charge in [-0.15, -0.1) is 6.58 Å². The Morgan fingerprint density at radius 1 is 1.42 bits per heavy atom. The van der Waals surface area contributed by atoms with E-state index in [2.05, 4.69) is 34.3 Å². The molecule has 0 spiro atoms. The van der Waals surface area contributed by atoms with Gasteiger partial charge < -0.3 is 14.9 Å². The zero-order valence-corrected chi connectivity index (χ0v) is 17.3. The van der Waals surface area contributed by atoms with Crippen LogP contribution in [0.2, 0.25) is 0 Å². The van der Waals surface area contributed by atoms with Crippen molar-refractivity contribution >= 4 is 5.97 Å². The number of hydrogen-bond acceptors (Lipinski definition) is 4. The molecule has 4 heteroatoms. The number of carbonyl (C=O) groups is 1. The fraction of sp³-hybridized carbons (Fsp3) is 0.773. The van der Waals surface area contributed by atoms with Gasteiger partial charge in [-0.05, 0) is 55.4 Å². The third-order valence-corrected chi connectivity index (χ3v) is 6.97. The number of rotatable bonds is 5. The highest BCUT2D eigenvalue weighted by Crippen LogP contribution is 2.57. The van der Waals surface area contributed by atoms with Crippen molar-refractivity contribution in [3.8, 4) is 0 Å². The number of aliphatic hydroxyl groups excluding tert-OH is 1. The summed E-state index contributed by atoms with van der Waals surface area (Å²) in [5.41, 5.74) is 1.07. The molecule has 2 aliphatic rings. The molecule has 0 amide bonds. The third kappa shape index (κ3) is 3.77. The summed E-state index contributed by atoms with van der Waals surface area (Å²) in [6, 6.07) is 0. The van der Waals surface area contributed by atoms with Gasteiger partial charge in [0.25, 0.3) is 0 Å². The van der Waals surface area contributed by atoms with Gasteiger partial charge in [-0.3, -0.25) is 4.79 Å². The van der Waals surface area contributed by atoms with E-state index < -0.39 is 17.8 Å². The molecule has 4 nitrogen and oxygen atoms in total. The highest BCUT2D eigenvalue weighted by Gasteiger charge is 2.53. The third-order valence-electron chi connectivity index (χ3n) is 6.97. The number of esters is 1. The average Bonchev–Trinajstić information content (AvgIpc) is 2.54. The van der Waals surface area contributed by atoms with Gasteiger partial charge in [0, 0.05) is 12.8 Å². The first kappa shape index (κ1) is 21.2. The van der Waals surface area contributed by atoms with Crippen LogP contribution in [-0.4, -0.2) is 34.0 Å². The highest BCUT2D eigenvalue weighted by atomic mass is 16.6. The Kier molecular flexibility index (Phi) is 5.80. The lowest BCUT2D eigenvalue weighted by atomic mass is 9.53. The van der Waals surface area contributed by atoms with Gasteiger partial charge in [0.1, 0.15) is 12.2 Å². The Morgan fingerprint density at radius 2 is 2.04 bits per heavy atom. The van der Waals surface area contributed by atoms with Gasteiger partial charge in [0.05, 0.1) is 5.60 Å². The number of hydrogen-bond donors (Lipinski definition) is 2. The summed E-state index contributed by atoms with van der Waals surface area (Å²) < 4.78 is 5.61. The minimum Gasteiger partial charge on any atom is -0.459 e. The summed E-state index contributed by atoms with van der Waals surface area (Å²) >= 11 is 0. The van der Waals surface area contributed by atoms with Gasteiger partial charge in [0.15, 0.2) is 0 Å². The van der Waals surface area contributed by atoms with Crippen molar-refractivity contribution in [2.75, 3.05) is 0 Å². The van der Waals surface area contributed by atoms with Crippen molar-refractivity contribution in [3.63, 3.8) is 0 Å². The molecule has 26 heavy (non-hydrogen) atoms. The van der Waals surface area contributed by atoms with E-state index >= 15 is 0 Å². The summed E-state index contributed by atoms with van der Waals surface area (Å²) in [7, 11) is 0. The van der Waals surface area contributed by atoms with Crippen molar-refractivity contribution in [2.24, 2.45) is 16.7 Å². The normalized spacial score (nSPS) is 36.1. The summed E-state index contributed by atoms with van der Waals surface area (Å²) in [6.45, 7) is 15.5. The molecule has 0 heterocycles. The quantitative estimate of drug-likeness (QED) is 0.568. The van der Waals surface area contributed by atoms with Crippen LogP contribution >= 0.6 is 0 Å². The van der Waals surface area contributed by atoms with Crippen LogP contribution in [0.3, 0.4) is 0 Å². The standard InChI is InChI=1S/C22H36O4/c1-8-21(6,25)12-13-22(7)14(2)19(26-15(3)23)18(24)17-16(22)10-9-11-20(17,4)5/h8,14,18-19,24-25H,1,9-13H2,2-7H3. The Balaban J connectivity index is 2.53. The highest BCUT2D eigenvalue weighted by molar-refractivity contribution is 5.66. The average molecular weight is 365 g/mol. The van der Waals surface area contributed by atoms with Crippen LogP contribution < -0.4 is 0 Å². The minimum atomic E-state index is -0.930. The maximum absolute atomic E-state index is 11.7. The Morgan fingerprint density at radius 3 is 2.58 bits per heavy atom. The van der Waals surface area contributed by atoms with Crippen LogP contribution in [0.25, 0.3) is 0 Å². The van der Waals surface area contributed by atoms with E-state index in [1.165, 1.54) is 12.5 Å². The van der Waals surface area contributed by atoms with E-state index in [4.69, 9.17) is 4.74 Å². The first-order valence-corrected chi connectivity index (χ1v) is 9.81. The largest absolute Gasteiger partial charge is 0.459 e. The number of carbonyl (C=O) groups excluding carboxylic acids is 1. The molecule has 148 valence electrons. The van der Waals surface area contributed by atoms with Crippen molar-refractivity contribution in [2.45, 2.75) is 91.5 Å². The van der Waals surface area contributed by atoms with E-state index in [0.29, 0.717) is 6.42 Å². The van der Waals surface area contributed by atoms with Gasteiger partial charge in [-0.25, -0.2) is 0 Å². The van der Waals surface area contributed by atoms with E-state index in [-0.39, 0.29) is 22.7 Å². The molecule has 0 aromatic carbocycles. The van der Waals surface area contributed by atoms with Crippen LogP contribution in [0.15, 0.2) is 23.8 Å². The van der Waals surface area contributed by atoms with E-state index in [0.717, 1.165) is 31.3 Å². The van der Waals surface area contributed by atoms with Crippen LogP contribution in [0.1, 0.15) is 73.6 Å². The molecule has 0 saturated carbocycles. The van der Waals surface area contributed by atoms with Crippen LogP contribution in [0.4, 0.5) is 0 Å². The lowest BCUT2D eigenvalue weighted by molar-refractivity contribution is -0.161. The molecule has 0 aliphatic heterocycles. The Labute approximate surface area is 158 Å². The SMILES string of the molecule is C=CC(C)(O)CCC1(C)C2=C(C(O)C(OC(C)=O)C1C)C(C)(C)CCC2. The first-order chi connectivity index (χ1) is 11.9. The summed E-state index contributed by atoms with van der Waals surface area (Å²) in [6.07, 6.45) is 4.68. The van der Waals surface area contributed by atoms with E-state index in [1.54, 1.807) is 13.0 Å². The van der Waals surface area contributed by atoms with Crippen molar-refractivity contribution in [1.29, 1.82) is 0 Å². The molecule has 0 aromatic rings. The van der Waals surface area contributed by atoms with E-state index in [9.17, 15) is 15.0 Å². The minimum absolute atomic E-state index is 0.0327. The summed E-state index contributed by atoms with van der Waals surface area (Å²) in [5, 5.41) is 21.6. The fourth-order valence-electron chi connectivity index (χ4n) is 4.98. The van der Waals surface area contributed by atoms with Gasteiger partial charge in [0.2, 0.25) is 0 Å². The molecule has 2 aliphatic carbocycles. The fourth-order valence-corrected chi connectivity index (χ4v) is 4.98. The lowest BCUT2D eigenvalue weighted by Crippen LogP contribution is -2.53. The Bertz CT molecular complexity index is 601. The zero-order valence-electron chi connectivity index (χ0n) is 17.3. The predicted molar refractivity (Wildman–Crippen MR) is 104 cm³/mol. The van der Waals surface area contributed by atoms with Gasteiger partial charge in [-0.1, -0.05) is 39.3 Å². The molecule has 5 atom stereocenters. The molecule has 5 unspecified atom stereocenters. The number of aliphatic hydroxyl groups is 2. The van der Waals surface area contributed by atoms with Crippen LogP contribution in [-0.2, 0) is 9.53 Å². The smallest absolute Gasteiger partial charge is 0.303 e. The molecule has 0 saturated heterocycles. The second-order valence-corrected chi connectivity index (χ2v) is 9.42.